The van der Waals surface area contributed by atoms with Gasteiger partial charge in [-0.1, -0.05) is 35.9 Å². The molecule has 2 aliphatic rings. The predicted molar refractivity (Wildman–Crippen MR) is 154 cm³/mol. The van der Waals surface area contributed by atoms with Crippen molar-refractivity contribution in [2.24, 2.45) is 0 Å². The molecule has 0 fully saturated rings. The van der Waals surface area contributed by atoms with Gasteiger partial charge >= 0.3 is 5.97 Å². The summed E-state index contributed by atoms with van der Waals surface area (Å²) < 4.78 is 28.1. The zero-order valence-corrected chi connectivity index (χ0v) is 22.7. The summed E-state index contributed by atoms with van der Waals surface area (Å²) in [6.45, 7) is 1.27. The Balaban J connectivity index is 0.000000467. The van der Waals surface area contributed by atoms with E-state index in [9.17, 15) is 9.90 Å². The summed E-state index contributed by atoms with van der Waals surface area (Å²) >= 11 is 6.20. The second-order valence-electron chi connectivity index (χ2n) is 8.75. The second-order valence-corrected chi connectivity index (χ2v) is 9.19. The summed E-state index contributed by atoms with van der Waals surface area (Å²) in [5, 5.41) is 12.3. The van der Waals surface area contributed by atoms with Crippen molar-refractivity contribution in [3.05, 3.63) is 96.0 Å². The van der Waals surface area contributed by atoms with Gasteiger partial charge < -0.3 is 28.8 Å². The summed E-state index contributed by atoms with van der Waals surface area (Å²) in [5.74, 6) is 1.31. The zero-order valence-electron chi connectivity index (χ0n) is 21.9. The number of hydrogen-bond acceptors (Lipinski definition) is 7. The normalized spacial score (nSPS) is 10.7. The van der Waals surface area contributed by atoms with E-state index in [2.05, 4.69) is 24.3 Å². The van der Waals surface area contributed by atoms with Gasteiger partial charge in [0.1, 0.15) is 23.0 Å². The Labute approximate surface area is 236 Å². The van der Waals surface area contributed by atoms with Crippen molar-refractivity contribution in [3.63, 3.8) is 0 Å². The van der Waals surface area contributed by atoms with Crippen LogP contribution in [0.4, 0.5) is 0 Å². The van der Waals surface area contributed by atoms with Crippen LogP contribution in [0.3, 0.4) is 0 Å². The summed E-state index contributed by atoms with van der Waals surface area (Å²) in [6, 6.07) is 26.8. The topological polar surface area (TPSA) is 83.5 Å². The molecule has 202 valence electrons. The number of hydrogen-bond donors (Lipinski definition) is 1. The van der Waals surface area contributed by atoms with Gasteiger partial charge in [-0.25, -0.2) is 0 Å². The smallest absolute Gasteiger partial charge is 0.308 e. The number of phenols is 1. The van der Waals surface area contributed by atoms with Crippen LogP contribution in [0.5, 0.6) is 46.0 Å². The van der Waals surface area contributed by atoms with Gasteiger partial charge in [0, 0.05) is 22.7 Å². The average Bonchev–Trinajstić information content (AvgIpc) is 2.95. The minimum atomic E-state index is -0.582. The molecule has 0 unspecified atom stereocenters. The zero-order chi connectivity index (χ0) is 28.2. The van der Waals surface area contributed by atoms with E-state index in [1.807, 2.05) is 0 Å². The molecule has 4 aromatic carbocycles. The molecule has 1 N–H and O–H groups in total. The van der Waals surface area contributed by atoms with Gasteiger partial charge in [0.05, 0.1) is 14.2 Å². The Bertz CT molecular complexity index is 1640. The molecule has 0 amide bonds. The summed E-state index contributed by atoms with van der Waals surface area (Å²) in [7, 11) is 3.11. The highest BCUT2D eigenvalue weighted by Crippen LogP contribution is 2.54. The number of carbonyl (C=O) groups is 1. The van der Waals surface area contributed by atoms with Crippen molar-refractivity contribution in [2.45, 2.75) is 6.92 Å². The number of rotatable bonds is 7. The second kappa shape index (κ2) is 11.5. The molecule has 40 heavy (non-hydrogen) atoms. The Kier molecular flexibility index (Phi) is 7.66. The van der Waals surface area contributed by atoms with E-state index < -0.39 is 5.97 Å². The van der Waals surface area contributed by atoms with Crippen LogP contribution in [0, 0.1) is 0 Å². The largest absolute Gasteiger partial charge is 0.504 e. The van der Waals surface area contributed by atoms with Crippen molar-refractivity contribution in [1.82, 2.24) is 0 Å². The van der Waals surface area contributed by atoms with Crippen LogP contribution >= 0.6 is 11.6 Å². The van der Waals surface area contributed by atoms with Gasteiger partial charge in [-0.05, 0) is 77.9 Å². The Morgan fingerprint density at radius 1 is 0.625 bits per heavy atom. The summed E-state index contributed by atoms with van der Waals surface area (Å²) in [4.78, 5) is 12.0. The summed E-state index contributed by atoms with van der Waals surface area (Å²) in [5.41, 5.74) is 2.85. The van der Waals surface area contributed by atoms with Crippen LogP contribution in [0.2, 0.25) is 5.02 Å². The highest BCUT2D eigenvalue weighted by atomic mass is 35.5. The van der Waals surface area contributed by atoms with Crippen LogP contribution in [-0.4, -0.2) is 25.3 Å². The minimum Gasteiger partial charge on any atom is -0.504 e. The highest BCUT2D eigenvalue weighted by Gasteiger charge is 2.26. The quantitative estimate of drug-likeness (QED) is 0.156. The lowest BCUT2D eigenvalue weighted by molar-refractivity contribution is -0.131. The number of aromatic hydroxyl groups is 1. The monoisotopic (exact) mass is 556 g/mol. The molecule has 2 aliphatic carbocycles. The standard InChI is InChI=1S/C26H21ClO7.C6H4/c1-15(28)32-24-22-14-16(27)4-13-21(22)23(29)25(33-19-9-5-17(30-2)6-10-19)26(24)34-20-11-7-18(31-3)8-12-20;1-2-6-4-3-5(1)6/h4-14,29H,1-3H3;1-4H. The molecule has 0 aliphatic heterocycles. The highest BCUT2D eigenvalue weighted by molar-refractivity contribution is 6.31. The molecule has 0 heterocycles. The lowest BCUT2D eigenvalue weighted by Gasteiger charge is -2.19. The number of methoxy groups -OCH3 is 2. The first-order chi connectivity index (χ1) is 19.4. The van der Waals surface area contributed by atoms with E-state index >= 15 is 0 Å². The SMILES string of the molecule is COc1ccc(Oc2c(Oc3ccc(OC)cc3)c(OC(C)=O)c3cc(Cl)ccc3c2O)cc1.c1cc2ccc1-2. The maximum Gasteiger partial charge on any atom is 0.308 e. The van der Waals surface area contributed by atoms with Crippen LogP contribution < -0.4 is 23.7 Å². The molecule has 0 radical (unpaired) electrons. The van der Waals surface area contributed by atoms with Gasteiger partial charge in [-0.3, -0.25) is 4.79 Å². The number of esters is 1. The molecule has 0 spiro atoms. The van der Waals surface area contributed by atoms with Crippen molar-refractivity contribution in [1.29, 1.82) is 0 Å². The van der Waals surface area contributed by atoms with Gasteiger partial charge in [-0.15, -0.1) is 0 Å². The van der Waals surface area contributed by atoms with E-state index in [0.717, 1.165) is 0 Å². The fourth-order valence-electron chi connectivity index (χ4n) is 3.98. The first kappa shape index (κ1) is 26.7. The first-order valence-electron chi connectivity index (χ1n) is 12.3. The average molecular weight is 557 g/mol. The molecule has 8 heteroatoms. The Morgan fingerprint density at radius 2 is 1.10 bits per heavy atom. The lowest BCUT2D eigenvalue weighted by atomic mass is 9.95. The number of carbonyl (C=O) groups excluding carboxylic acids is 1. The Hall–Kier alpha value is -4.88. The molecule has 0 aromatic heterocycles. The Morgan fingerprint density at radius 3 is 1.52 bits per heavy atom. The van der Waals surface area contributed by atoms with E-state index in [-0.39, 0.29) is 23.0 Å². The maximum atomic E-state index is 12.0. The maximum absolute atomic E-state index is 12.0. The van der Waals surface area contributed by atoms with E-state index in [0.29, 0.717) is 38.8 Å². The third kappa shape index (κ3) is 5.60. The molecule has 0 bridgehead atoms. The molecule has 7 nitrogen and oxygen atoms in total. The van der Waals surface area contributed by atoms with Gasteiger partial charge in [0.25, 0.3) is 0 Å². The number of fused-ring (bicyclic) bond motifs is 2. The number of benzene rings is 5. The van der Waals surface area contributed by atoms with Crippen molar-refractivity contribution >= 4 is 28.3 Å². The molecular weight excluding hydrogens is 532 g/mol. The molecule has 4 aromatic rings. The van der Waals surface area contributed by atoms with E-state index in [4.69, 9.17) is 35.3 Å². The molecule has 0 saturated carbocycles. The fraction of sp³-hybridized carbons (Fsp3) is 0.0938. The molecule has 0 saturated heterocycles. The number of phenolic OH excluding ortho intramolecular Hbond substituents is 1. The first-order valence-corrected chi connectivity index (χ1v) is 12.6. The van der Waals surface area contributed by atoms with Gasteiger partial charge in [0.15, 0.2) is 11.5 Å². The van der Waals surface area contributed by atoms with Gasteiger partial charge in [-0.2, -0.15) is 0 Å². The van der Waals surface area contributed by atoms with Crippen LogP contribution in [0.15, 0.2) is 91.0 Å². The fourth-order valence-corrected chi connectivity index (χ4v) is 4.16. The third-order valence-electron chi connectivity index (χ3n) is 6.13. The molecule has 6 rings (SSSR count). The number of ether oxygens (including phenoxy) is 5. The van der Waals surface area contributed by atoms with Gasteiger partial charge in [0.2, 0.25) is 11.5 Å². The van der Waals surface area contributed by atoms with Crippen LogP contribution in [-0.2, 0) is 4.79 Å². The minimum absolute atomic E-state index is 0.00320. The van der Waals surface area contributed by atoms with E-state index in [1.165, 1.54) is 18.1 Å². The predicted octanol–water partition coefficient (Wildman–Crippen LogP) is 8.39. The lowest BCUT2D eigenvalue weighted by Crippen LogP contribution is -2.05. The van der Waals surface area contributed by atoms with Crippen molar-refractivity contribution in [2.75, 3.05) is 14.2 Å². The van der Waals surface area contributed by atoms with Crippen molar-refractivity contribution < 1.29 is 33.6 Å². The van der Waals surface area contributed by atoms with Crippen molar-refractivity contribution in [3.8, 4) is 57.1 Å². The third-order valence-corrected chi connectivity index (χ3v) is 6.37. The van der Waals surface area contributed by atoms with E-state index in [1.54, 1.807) is 80.9 Å². The van der Waals surface area contributed by atoms with Crippen LogP contribution in [0.25, 0.3) is 21.9 Å². The molecular formula is C32H25ClO7. The number of halogens is 1. The molecule has 0 atom stereocenters. The van der Waals surface area contributed by atoms with Crippen LogP contribution in [0.1, 0.15) is 6.92 Å². The summed E-state index contributed by atoms with van der Waals surface area (Å²) in [6.07, 6.45) is 0.